The first kappa shape index (κ1) is 25.5. The Labute approximate surface area is 214 Å². The first-order valence-corrected chi connectivity index (χ1v) is 11.7. The fourth-order valence-electron chi connectivity index (χ4n) is 4.36. The molecule has 1 aliphatic rings. The number of aliphatic hydroxyl groups is 1. The van der Waals surface area contributed by atoms with Crippen LogP contribution in [0.5, 0.6) is 17.2 Å². The summed E-state index contributed by atoms with van der Waals surface area (Å²) < 4.78 is 15.9. The molecular weight excluding hydrogens is 474 g/mol. The number of methoxy groups -OCH3 is 2. The molecule has 1 saturated heterocycles. The van der Waals surface area contributed by atoms with Gasteiger partial charge in [-0.3, -0.25) is 19.3 Å². The standard InChI is InChI=1S/C29H27NO7/c1-5-18-9-12-21(13-10-18)30-26(19-7-6-8-22(15-19)37-17(2)31)25(28(33)29(30)34)27(32)20-11-14-23(35-3)24(16-20)36-4/h6-16,26,32H,5H2,1-4H3/b27-25+. The van der Waals surface area contributed by atoms with Gasteiger partial charge in [-0.1, -0.05) is 31.2 Å². The molecule has 0 bridgehead atoms. The molecule has 0 saturated carbocycles. The Bertz CT molecular complexity index is 1390. The number of amides is 1. The van der Waals surface area contributed by atoms with Crippen molar-refractivity contribution < 1.29 is 33.7 Å². The van der Waals surface area contributed by atoms with Crippen molar-refractivity contribution in [3.8, 4) is 17.2 Å². The molecule has 0 radical (unpaired) electrons. The van der Waals surface area contributed by atoms with Crippen LogP contribution in [0.15, 0.2) is 72.3 Å². The van der Waals surface area contributed by atoms with Crippen LogP contribution >= 0.6 is 0 Å². The number of carbonyl (C=O) groups is 3. The Balaban J connectivity index is 1.93. The van der Waals surface area contributed by atoms with Gasteiger partial charge in [-0.05, 0) is 60.0 Å². The zero-order valence-corrected chi connectivity index (χ0v) is 21.0. The van der Waals surface area contributed by atoms with E-state index in [4.69, 9.17) is 14.2 Å². The van der Waals surface area contributed by atoms with Crippen molar-refractivity contribution in [1.82, 2.24) is 0 Å². The quantitative estimate of drug-likeness (QED) is 0.163. The van der Waals surface area contributed by atoms with Crippen molar-refractivity contribution in [2.45, 2.75) is 26.3 Å². The summed E-state index contributed by atoms with van der Waals surface area (Å²) in [4.78, 5) is 39.7. The van der Waals surface area contributed by atoms with Gasteiger partial charge in [-0.25, -0.2) is 0 Å². The van der Waals surface area contributed by atoms with Crippen LogP contribution in [0, 0.1) is 0 Å². The van der Waals surface area contributed by atoms with Crippen molar-refractivity contribution in [3.05, 3.63) is 89.0 Å². The highest BCUT2D eigenvalue weighted by molar-refractivity contribution is 6.51. The Kier molecular flexibility index (Phi) is 7.29. The average molecular weight is 502 g/mol. The Hall–Kier alpha value is -4.59. The molecule has 8 heteroatoms. The zero-order valence-electron chi connectivity index (χ0n) is 21.0. The summed E-state index contributed by atoms with van der Waals surface area (Å²) in [5.74, 6) is -1.45. The summed E-state index contributed by atoms with van der Waals surface area (Å²) in [6, 6.07) is 17.6. The van der Waals surface area contributed by atoms with E-state index in [-0.39, 0.29) is 22.6 Å². The van der Waals surface area contributed by atoms with E-state index in [0.717, 1.165) is 12.0 Å². The molecule has 0 aliphatic carbocycles. The molecule has 1 atom stereocenters. The Morgan fingerprint density at radius 2 is 1.65 bits per heavy atom. The fourth-order valence-corrected chi connectivity index (χ4v) is 4.36. The third kappa shape index (κ3) is 4.91. The number of aryl methyl sites for hydroxylation is 1. The van der Waals surface area contributed by atoms with Crippen LogP contribution in [0.1, 0.15) is 36.6 Å². The van der Waals surface area contributed by atoms with Crippen molar-refractivity contribution in [3.63, 3.8) is 0 Å². The largest absolute Gasteiger partial charge is 0.507 e. The lowest BCUT2D eigenvalue weighted by Gasteiger charge is -2.26. The van der Waals surface area contributed by atoms with Crippen molar-refractivity contribution >= 4 is 29.1 Å². The van der Waals surface area contributed by atoms with Gasteiger partial charge in [0.2, 0.25) is 0 Å². The molecule has 4 rings (SSSR count). The van der Waals surface area contributed by atoms with E-state index in [1.54, 1.807) is 48.5 Å². The topological polar surface area (TPSA) is 102 Å². The van der Waals surface area contributed by atoms with E-state index in [2.05, 4.69) is 0 Å². The van der Waals surface area contributed by atoms with E-state index in [9.17, 15) is 19.5 Å². The number of anilines is 1. The molecule has 0 spiro atoms. The molecule has 1 aliphatic heterocycles. The van der Waals surface area contributed by atoms with Gasteiger partial charge in [-0.2, -0.15) is 0 Å². The number of Topliss-reactive ketones (excluding diaryl/α,β-unsaturated/α-hetero) is 1. The molecule has 1 heterocycles. The average Bonchev–Trinajstić information content (AvgIpc) is 3.17. The third-order valence-corrected chi connectivity index (χ3v) is 6.16. The highest BCUT2D eigenvalue weighted by Crippen LogP contribution is 2.43. The minimum atomic E-state index is -0.976. The van der Waals surface area contributed by atoms with Gasteiger partial charge in [-0.15, -0.1) is 0 Å². The Morgan fingerprint density at radius 1 is 0.946 bits per heavy atom. The number of ketones is 1. The van der Waals surface area contributed by atoms with E-state index in [0.29, 0.717) is 22.7 Å². The number of benzene rings is 3. The van der Waals surface area contributed by atoms with Gasteiger partial charge in [0.25, 0.3) is 11.7 Å². The van der Waals surface area contributed by atoms with E-state index >= 15 is 0 Å². The van der Waals surface area contributed by atoms with Crippen molar-refractivity contribution in [2.24, 2.45) is 0 Å². The first-order valence-electron chi connectivity index (χ1n) is 11.7. The molecule has 3 aromatic carbocycles. The Morgan fingerprint density at radius 3 is 2.27 bits per heavy atom. The molecule has 1 unspecified atom stereocenters. The van der Waals surface area contributed by atoms with Crippen LogP contribution in [-0.2, 0) is 20.8 Å². The van der Waals surface area contributed by atoms with Gasteiger partial charge in [0.1, 0.15) is 11.5 Å². The highest BCUT2D eigenvalue weighted by atomic mass is 16.5. The van der Waals surface area contributed by atoms with Crippen LogP contribution in [0.25, 0.3) is 5.76 Å². The van der Waals surface area contributed by atoms with Gasteiger partial charge >= 0.3 is 5.97 Å². The summed E-state index contributed by atoms with van der Waals surface area (Å²) in [6.07, 6.45) is 0.812. The molecular formula is C29H27NO7. The number of hydrogen-bond acceptors (Lipinski definition) is 7. The summed E-state index contributed by atoms with van der Waals surface area (Å²) in [7, 11) is 2.95. The normalized spacial score (nSPS) is 16.5. The van der Waals surface area contributed by atoms with Crippen LogP contribution in [0.3, 0.4) is 0 Å². The van der Waals surface area contributed by atoms with Gasteiger partial charge in [0.05, 0.1) is 25.8 Å². The monoisotopic (exact) mass is 501 g/mol. The lowest BCUT2D eigenvalue weighted by molar-refractivity contribution is -0.132. The third-order valence-electron chi connectivity index (χ3n) is 6.16. The number of nitrogens with zero attached hydrogens (tertiary/aromatic N) is 1. The second kappa shape index (κ2) is 10.6. The maximum absolute atomic E-state index is 13.4. The number of rotatable bonds is 7. The van der Waals surface area contributed by atoms with Crippen molar-refractivity contribution in [2.75, 3.05) is 19.1 Å². The van der Waals surface area contributed by atoms with Crippen LogP contribution in [0.4, 0.5) is 5.69 Å². The number of ether oxygens (including phenoxy) is 3. The summed E-state index contributed by atoms with van der Waals surface area (Å²) in [6.45, 7) is 3.30. The molecule has 3 aromatic rings. The maximum Gasteiger partial charge on any atom is 0.308 e. The number of esters is 1. The van der Waals surface area contributed by atoms with Gasteiger partial charge < -0.3 is 19.3 Å². The second-order valence-electron chi connectivity index (χ2n) is 8.42. The van der Waals surface area contributed by atoms with E-state index < -0.39 is 23.7 Å². The highest BCUT2D eigenvalue weighted by Gasteiger charge is 2.47. The second-order valence-corrected chi connectivity index (χ2v) is 8.42. The van der Waals surface area contributed by atoms with E-state index in [1.165, 1.54) is 32.1 Å². The predicted molar refractivity (Wildman–Crippen MR) is 138 cm³/mol. The lowest BCUT2D eigenvalue weighted by Crippen LogP contribution is -2.29. The molecule has 37 heavy (non-hydrogen) atoms. The summed E-state index contributed by atoms with van der Waals surface area (Å²) in [5, 5.41) is 11.4. The lowest BCUT2D eigenvalue weighted by atomic mass is 9.94. The summed E-state index contributed by atoms with van der Waals surface area (Å²) in [5.41, 5.74) is 2.22. The SMILES string of the molecule is CCc1ccc(N2C(=O)C(=O)/C(=C(/O)c3ccc(OC)c(OC)c3)C2c2cccc(OC(C)=O)c2)cc1. The number of hydrogen-bond donors (Lipinski definition) is 1. The maximum atomic E-state index is 13.4. The zero-order chi connectivity index (χ0) is 26.7. The summed E-state index contributed by atoms with van der Waals surface area (Å²) >= 11 is 0. The predicted octanol–water partition coefficient (Wildman–Crippen LogP) is 4.82. The van der Waals surface area contributed by atoms with Crippen molar-refractivity contribution in [1.29, 1.82) is 0 Å². The van der Waals surface area contributed by atoms with Gasteiger partial charge in [0.15, 0.2) is 11.5 Å². The minimum Gasteiger partial charge on any atom is -0.507 e. The number of carbonyl (C=O) groups excluding carboxylic acids is 3. The smallest absolute Gasteiger partial charge is 0.308 e. The van der Waals surface area contributed by atoms with Crippen LogP contribution in [0.2, 0.25) is 0 Å². The molecule has 0 aromatic heterocycles. The molecule has 8 nitrogen and oxygen atoms in total. The molecule has 1 N–H and O–H groups in total. The van der Waals surface area contributed by atoms with Crippen LogP contribution in [-0.4, -0.2) is 37.0 Å². The van der Waals surface area contributed by atoms with Gasteiger partial charge in [0, 0.05) is 18.2 Å². The fraction of sp³-hybridized carbons (Fsp3) is 0.207. The minimum absolute atomic E-state index is 0.100. The number of aliphatic hydroxyl groups excluding tert-OH is 1. The first-order chi connectivity index (χ1) is 17.8. The molecule has 1 fully saturated rings. The molecule has 190 valence electrons. The molecule has 1 amide bonds. The van der Waals surface area contributed by atoms with Crippen LogP contribution < -0.4 is 19.1 Å². The van der Waals surface area contributed by atoms with E-state index in [1.807, 2.05) is 19.1 Å².